The van der Waals surface area contributed by atoms with Crippen LogP contribution in [0.15, 0.2) is 35.8 Å². The van der Waals surface area contributed by atoms with E-state index in [9.17, 15) is 18.0 Å². The van der Waals surface area contributed by atoms with Crippen LogP contribution < -0.4 is 4.74 Å². The molecule has 0 saturated carbocycles. The topological polar surface area (TPSA) is 77.2 Å². The van der Waals surface area contributed by atoms with E-state index < -0.39 is 17.7 Å². The van der Waals surface area contributed by atoms with Crippen LogP contribution in [0.1, 0.15) is 23.1 Å². The van der Waals surface area contributed by atoms with E-state index >= 15 is 0 Å². The summed E-state index contributed by atoms with van der Waals surface area (Å²) in [5.41, 5.74) is 0.518. The predicted molar refractivity (Wildman–Crippen MR) is 96.4 cm³/mol. The summed E-state index contributed by atoms with van der Waals surface area (Å²) >= 11 is 1.28. The van der Waals surface area contributed by atoms with E-state index in [0.717, 1.165) is 12.1 Å². The van der Waals surface area contributed by atoms with E-state index in [-0.39, 0.29) is 13.0 Å². The first-order valence-corrected chi connectivity index (χ1v) is 9.17. The Morgan fingerprint density at radius 3 is 2.82 bits per heavy atom. The van der Waals surface area contributed by atoms with Crippen LogP contribution in [0.4, 0.5) is 13.2 Å². The van der Waals surface area contributed by atoms with Gasteiger partial charge < -0.3 is 9.84 Å². The highest BCUT2D eigenvalue weighted by molar-refractivity contribution is 7.09. The Morgan fingerprint density at radius 1 is 1.36 bits per heavy atom. The van der Waals surface area contributed by atoms with Gasteiger partial charge in [-0.2, -0.15) is 18.3 Å². The van der Waals surface area contributed by atoms with Gasteiger partial charge in [0.25, 0.3) is 0 Å². The van der Waals surface area contributed by atoms with Gasteiger partial charge in [0.1, 0.15) is 5.01 Å². The predicted octanol–water partition coefficient (Wildman–Crippen LogP) is 4.10. The van der Waals surface area contributed by atoms with Crippen LogP contribution in [-0.2, 0) is 23.9 Å². The van der Waals surface area contributed by atoms with Gasteiger partial charge in [-0.25, -0.2) is 9.67 Å². The average molecular weight is 411 g/mol. The van der Waals surface area contributed by atoms with Crippen LogP contribution in [-0.4, -0.2) is 32.4 Å². The third kappa shape index (κ3) is 4.50. The Hall–Kier alpha value is -2.88. The van der Waals surface area contributed by atoms with Gasteiger partial charge in [-0.15, -0.1) is 11.3 Å². The lowest BCUT2D eigenvalue weighted by molar-refractivity contribution is -0.138. The number of hydrogen-bond acceptors (Lipinski definition) is 5. The molecule has 0 fully saturated rings. The minimum Gasteiger partial charge on any atom is -0.481 e. The second-order valence-electron chi connectivity index (χ2n) is 5.84. The molecular formula is C18H16F3N3O3S. The molecule has 0 spiro atoms. The van der Waals surface area contributed by atoms with Crippen molar-refractivity contribution in [3.63, 3.8) is 0 Å². The number of thiazole rings is 1. The quantitative estimate of drug-likeness (QED) is 0.633. The molecule has 1 aromatic carbocycles. The van der Waals surface area contributed by atoms with E-state index in [2.05, 4.69) is 10.1 Å². The molecule has 0 saturated heterocycles. The maximum absolute atomic E-state index is 12.9. The van der Waals surface area contributed by atoms with Crippen molar-refractivity contribution in [3.8, 4) is 17.1 Å². The SMILES string of the molecule is CCOc1c(CC(=O)O)cnn1Cc1nc(-c2cccc(C(F)(F)F)c2)cs1. The standard InChI is InChI=1S/C18H16F3N3O3S/c1-2-27-17-12(7-16(25)26)8-22-24(17)9-15-23-14(10-28-15)11-4-3-5-13(6-11)18(19,20)21/h3-6,8,10H,2,7,9H2,1H3,(H,25,26). The van der Waals surface area contributed by atoms with E-state index in [1.807, 2.05) is 0 Å². The fourth-order valence-corrected chi connectivity index (χ4v) is 3.40. The van der Waals surface area contributed by atoms with Gasteiger partial charge >= 0.3 is 12.1 Å². The molecule has 0 unspecified atom stereocenters. The summed E-state index contributed by atoms with van der Waals surface area (Å²) in [6.45, 7) is 2.33. The summed E-state index contributed by atoms with van der Waals surface area (Å²) < 4.78 is 45.7. The van der Waals surface area contributed by atoms with Crippen molar-refractivity contribution in [2.24, 2.45) is 0 Å². The Balaban J connectivity index is 1.84. The maximum atomic E-state index is 12.9. The van der Waals surface area contributed by atoms with Crippen molar-refractivity contribution in [2.75, 3.05) is 6.61 Å². The number of ether oxygens (including phenoxy) is 1. The number of aliphatic carboxylic acids is 1. The molecule has 0 bridgehead atoms. The molecule has 0 aliphatic carbocycles. The zero-order chi connectivity index (χ0) is 20.3. The number of hydrogen-bond donors (Lipinski definition) is 1. The second kappa shape index (κ2) is 8.01. The van der Waals surface area contributed by atoms with Gasteiger partial charge in [-0.1, -0.05) is 12.1 Å². The molecule has 3 rings (SSSR count). The first kappa shape index (κ1) is 19.9. The monoisotopic (exact) mass is 411 g/mol. The maximum Gasteiger partial charge on any atom is 0.416 e. The van der Waals surface area contributed by atoms with Gasteiger partial charge in [0, 0.05) is 16.5 Å². The molecule has 3 aromatic rings. The highest BCUT2D eigenvalue weighted by Crippen LogP contribution is 2.32. The minimum atomic E-state index is -4.42. The molecule has 2 aromatic heterocycles. The largest absolute Gasteiger partial charge is 0.481 e. The van der Waals surface area contributed by atoms with E-state index in [1.165, 1.54) is 28.3 Å². The van der Waals surface area contributed by atoms with Crippen molar-refractivity contribution in [1.82, 2.24) is 14.8 Å². The molecule has 0 radical (unpaired) electrons. The first-order chi connectivity index (χ1) is 13.3. The van der Waals surface area contributed by atoms with Crippen molar-refractivity contribution < 1.29 is 27.8 Å². The average Bonchev–Trinajstić information content (AvgIpc) is 3.23. The Labute approximate surface area is 162 Å². The molecule has 2 heterocycles. The number of carboxylic acids is 1. The Kier molecular flexibility index (Phi) is 5.68. The normalized spacial score (nSPS) is 11.6. The minimum absolute atomic E-state index is 0.220. The number of carbonyl (C=O) groups is 1. The second-order valence-corrected chi connectivity index (χ2v) is 6.78. The lowest BCUT2D eigenvalue weighted by Gasteiger charge is -2.08. The third-order valence-electron chi connectivity index (χ3n) is 3.81. The number of benzene rings is 1. The number of alkyl halides is 3. The van der Waals surface area contributed by atoms with E-state index in [0.29, 0.717) is 34.3 Å². The van der Waals surface area contributed by atoms with Crippen molar-refractivity contribution in [1.29, 1.82) is 0 Å². The van der Waals surface area contributed by atoms with E-state index in [4.69, 9.17) is 9.84 Å². The van der Waals surface area contributed by atoms with Crippen molar-refractivity contribution in [3.05, 3.63) is 52.0 Å². The van der Waals surface area contributed by atoms with E-state index in [1.54, 1.807) is 18.4 Å². The van der Waals surface area contributed by atoms with Crippen LogP contribution in [0.25, 0.3) is 11.3 Å². The summed E-state index contributed by atoms with van der Waals surface area (Å²) in [7, 11) is 0. The van der Waals surface area contributed by atoms with Crippen LogP contribution >= 0.6 is 11.3 Å². The molecule has 148 valence electrons. The number of halogens is 3. The molecule has 0 aliphatic heterocycles. The summed E-state index contributed by atoms with van der Waals surface area (Å²) in [6, 6.07) is 4.98. The van der Waals surface area contributed by atoms with Gasteiger partial charge in [-0.05, 0) is 19.1 Å². The lowest BCUT2D eigenvalue weighted by Crippen LogP contribution is -2.08. The van der Waals surface area contributed by atoms with Gasteiger partial charge in [-0.3, -0.25) is 4.79 Å². The summed E-state index contributed by atoms with van der Waals surface area (Å²) in [6.07, 6.45) is -3.21. The number of nitrogens with zero attached hydrogens (tertiary/aromatic N) is 3. The lowest BCUT2D eigenvalue weighted by atomic mass is 10.1. The highest BCUT2D eigenvalue weighted by Gasteiger charge is 2.30. The molecule has 1 N–H and O–H groups in total. The smallest absolute Gasteiger partial charge is 0.416 e. The van der Waals surface area contributed by atoms with Gasteiger partial charge in [0.2, 0.25) is 5.88 Å². The Morgan fingerprint density at radius 2 is 2.14 bits per heavy atom. The van der Waals surface area contributed by atoms with Crippen LogP contribution in [0.3, 0.4) is 0 Å². The molecular weight excluding hydrogens is 395 g/mol. The first-order valence-electron chi connectivity index (χ1n) is 8.29. The third-order valence-corrected chi connectivity index (χ3v) is 4.64. The fraction of sp³-hybridized carbons (Fsp3) is 0.278. The van der Waals surface area contributed by atoms with Crippen molar-refractivity contribution in [2.45, 2.75) is 26.1 Å². The zero-order valence-corrected chi connectivity index (χ0v) is 15.5. The molecule has 10 heteroatoms. The zero-order valence-electron chi connectivity index (χ0n) is 14.7. The van der Waals surface area contributed by atoms with Crippen LogP contribution in [0.2, 0.25) is 0 Å². The number of aromatic nitrogens is 3. The molecule has 0 amide bonds. The molecule has 28 heavy (non-hydrogen) atoms. The number of rotatable bonds is 7. The van der Waals surface area contributed by atoms with Crippen molar-refractivity contribution >= 4 is 17.3 Å². The summed E-state index contributed by atoms with van der Waals surface area (Å²) in [5.74, 6) is -0.651. The van der Waals surface area contributed by atoms with Crippen LogP contribution in [0.5, 0.6) is 5.88 Å². The molecule has 0 atom stereocenters. The summed E-state index contributed by atoms with van der Waals surface area (Å²) in [5, 5.41) is 15.4. The number of carboxylic acid groups (broad SMARTS) is 1. The fourth-order valence-electron chi connectivity index (χ4n) is 2.61. The molecule has 0 aliphatic rings. The molecule has 6 nitrogen and oxygen atoms in total. The highest BCUT2D eigenvalue weighted by atomic mass is 32.1. The summed E-state index contributed by atoms with van der Waals surface area (Å²) in [4.78, 5) is 15.4. The van der Waals surface area contributed by atoms with Gasteiger partial charge in [0.05, 0.1) is 37.0 Å². The van der Waals surface area contributed by atoms with Crippen LogP contribution in [0, 0.1) is 0 Å². The Bertz CT molecular complexity index is 982. The van der Waals surface area contributed by atoms with Gasteiger partial charge in [0.15, 0.2) is 0 Å².